The summed E-state index contributed by atoms with van der Waals surface area (Å²) in [5, 5.41) is 3.06. The lowest BCUT2D eigenvalue weighted by atomic mass is 9.94. The first kappa shape index (κ1) is 11.7. The predicted molar refractivity (Wildman–Crippen MR) is 74.2 cm³/mol. The first-order valence-corrected chi connectivity index (χ1v) is 6.08. The number of benzene rings is 2. The van der Waals surface area contributed by atoms with Gasteiger partial charge in [-0.2, -0.15) is 0 Å². The van der Waals surface area contributed by atoms with Crippen LogP contribution in [0.2, 0.25) is 0 Å². The summed E-state index contributed by atoms with van der Waals surface area (Å²) in [4.78, 5) is 12.0. The van der Waals surface area contributed by atoms with E-state index in [1.165, 1.54) is 6.07 Å². The molecule has 2 aromatic rings. The van der Waals surface area contributed by atoms with Gasteiger partial charge in [-0.3, -0.25) is 4.79 Å². The van der Waals surface area contributed by atoms with Gasteiger partial charge >= 0.3 is 0 Å². The average Bonchev–Trinajstić information content (AvgIpc) is 2.44. The zero-order chi connectivity index (χ0) is 13.2. The Morgan fingerprint density at radius 3 is 2.63 bits per heavy atom. The lowest BCUT2D eigenvalue weighted by molar-refractivity contribution is -0.112. The maximum absolute atomic E-state index is 13.7. The molecular formula is C16H12FNO. The van der Waals surface area contributed by atoms with Gasteiger partial charge in [0.15, 0.2) is 5.78 Å². The van der Waals surface area contributed by atoms with Gasteiger partial charge in [0.1, 0.15) is 5.82 Å². The Hall–Kier alpha value is -2.42. The SMILES string of the molecule is O=C1CNc2ccccc2/C1=C\c1ccccc1F. The van der Waals surface area contributed by atoms with Crippen LogP contribution in [0.5, 0.6) is 0 Å². The molecule has 0 radical (unpaired) electrons. The summed E-state index contributed by atoms with van der Waals surface area (Å²) in [6.45, 7) is 0.247. The number of Topliss-reactive ketones (excluding diaryl/α,β-unsaturated/α-hetero) is 1. The minimum Gasteiger partial charge on any atom is -0.377 e. The summed E-state index contributed by atoms with van der Waals surface area (Å²) in [5.41, 5.74) is 2.72. The molecule has 0 atom stereocenters. The van der Waals surface area contributed by atoms with Crippen molar-refractivity contribution in [2.45, 2.75) is 0 Å². The Kier molecular flexibility index (Phi) is 2.88. The van der Waals surface area contributed by atoms with E-state index in [1.807, 2.05) is 24.3 Å². The topological polar surface area (TPSA) is 29.1 Å². The van der Waals surface area contributed by atoms with Gasteiger partial charge in [-0.15, -0.1) is 0 Å². The molecule has 0 unspecified atom stereocenters. The Morgan fingerprint density at radius 1 is 1.05 bits per heavy atom. The first-order chi connectivity index (χ1) is 9.25. The van der Waals surface area contributed by atoms with Crippen molar-refractivity contribution in [3.8, 4) is 0 Å². The van der Waals surface area contributed by atoms with Crippen LogP contribution in [-0.4, -0.2) is 12.3 Å². The second-order valence-corrected chi connectivity index (χ2v) is 4.40. The van der Waals surface area contributed by atoms with Gasteiger partial charge in [0.05, 0.1) is 6.54 Å². The van der Waals surface area contributed by atoms with Gasteiger partial charge in [-0.1, -0.05) is 36.4 Å². The molecule has 0 aliphatic carbocycles. The molecule has 1 aliphatic heterocycles. The molecule has 94 valence electrons. The Labute approximate surface area is 110 Å². The van der Waals surface area contributed by atoms with E-state index in [0.717, 1.165) is 11.3 Å². The maximum atomic E-state index is 13.7. The Bertz CT molecular complexity index is 676. The number of fused-ring (bicyclic) bond motifs is 1. The third-order valence-electron chi connectivity index (χ3n) is 3.16. The number of halogens is 1. The molecule has 1 heterocycles. The van der Waals surface area contributed by atoms with E-state index >= 15 is 0 Å². The van der Waals surface area contributed by atoms with Gasteiger partial charge in [-0.25, -0.2) is 4.39 Å². The number of para-hydroxylation sites is 1. The molecule has 2 nitrogen and oxygen atoms in total. The molecule has 0 saturated carbocycles. The van der Waals surface area contributed by atoms with Crippen LogP contribution in [0.25, 0.3) is 11.6 Å². The number of hydrogen-bond acceptors (Lipinski definition) is 2. The Balaban J connectivity index is 2.14. The fraction of sp³-hybridized carbons (Fsp3) is 0.0625. The third-order valence-corrected chi connectivity index (χ3v) is 3.16. The first-order valence-electron chi connectivity index (χ1n) is 6.08. The standard InChI is InChI=1S/C16H12FNO/c17-14-7-3-1-5-11(14)9-13-12-6-2-4-8-15(12)18-10-16(13)19/h1-9,18H,10H2/b13-9+. The highest BCUT2D eigenvalue weighted by molar-refractivity contribution is 6.29. The highest BCUT2D eigenvalue weighted by Crippen LogP contribution is 2.30. The van der Waals surface area contributed by atoms with Crippen molar-refractivity contribution in [3.63, 3.8) is 0 Å². The summed E-state index contributed by atoms with van der Waals surface area (Å²) >= 11 is 0. The summed E-state index contributed by atoms with van der Waals surface area (Å²) in [7, 11) is 0. The number of carbonyl (C=O) groups is 1. The van der Waals surface area contributed by atoms with Crippen molar-refractivity contribution < 1.29 is 9.18 Å². The molecule has 1 N–H and O–H groups in total. The van der Waals surface area contributed by atoms with Crippen LogP contribution in [0.3, 0.4) is 0 Å². The van der Waals surface area contributed by atoms with Crippen LogP contribution < -0.4 is 5.32 Å². The minimum absolute atomic E-state index is 0.0260. The van der Waals surface area contributed by atoms with E-state index in [0.29, 0.717) is 11.1 Å². The van der Waals surface area contributed by atoms with Gasteiger partial charge in [0.25, 0.3) is 0 Å². The highest BCUT2D eigenvalue weighted by atomic mass is 19.1. The van der Waals surface area contributed by atoms with E-state index in [4.69, 9.17) is 0 Å². The molecule has 3 heteroatoms. The fourth-order valence-electron chi connectivity index (χ4n) is 2.20. The normalized spacial score (nSPS) is 16.1. The molecule has 3 rings (SSSR count). The van der Waals surface area contributed by atoms with Crippen LogP contribution in [0.4, 0.5) is 10.1 Å². The van der Waals surface area contributed by atoms with E-state index < -0.39 is 0 Å². The zero-order valence-corrected chi connectivity index (χ0v) is 10.2. The number of carbonyl (C=O) groups excluding carboxylic acids is 1. The van der Waals surface area contributed by atoms with Crippen LogP contribution in [0.1, 0.15) is 11.1 Å². The minimum atomic E-state index is -0.321. The molecule has 2 aromatic carbocycles. The summed E-state index contributed by atoms with van der Waals surface area (Å²) in [6, 6.07) is 14.0. The molecule has 0 amide bonds. The zero-order valence-electron chi connectivity index (χ0n) is 10.2. The summed E-state index contributed by atoms with van der Waals surface area (Å²) < 4.78 is 13.7. The van der Waals surface area contributed by atoms with Crippen LogP contribution >= 0.6 is 0 Å². The van der Waals surface area contributed by atoms with Crippen molar-refractivity contribution >= 4 is 23.1 Å². The van der Waals surface area contributed by atoms with Crippen molar-refractivity contribution in [2.75, 3.05) is 11.9 Å². The lowest BCUT2D eigenvalue weighted by Crippen LogP contribution is -2.21. The molecule has 1 aliphatic rings. The summed E-state index contributed by atoms with van der Waals surface area (Å²) in [6.07, 6.45) is 1.62. The van der Waals surface area contributed by atoms with Crippen LogP contribution in [0.15, 0.2) is 48.5 Å². The Morgan fingerprint density at radius 2 is 1.79 bits per heavy atom. The number of rotatable bonds is 1. The molecular weight excluding hydrogens is 241 g/mol. The van der Waals surface area contributed by atoms with Crippen molar-refractivity contribution in [1.29, 1.82) is 0 Å². The largest absolute Gasteiger partial charge is 0.377 e. The molecule has 0 aromatic heterocycles. The van der Waals surface area contributed by atoms with Crippen molar-refractivity contribution in [2.24, 2.45) is 0 Å². The molecule has 0 saturated heterocycles. The van der Waals surface area contributed by atoms with E-state index in [1.54, 1.807) is 24.3 Å². The van der Waals surface area contributed by atoms with E-state index in [-0.39, 0.29) is 18.1 Å². The monoisotopic (exact) mass is 253 g/mol. The smallest absolute Gasteiger partial charge is 0.182 e. The molecule has 19 heavy (non-hydrogen) atoms. The number of anilines is 1. The van der Waals surface area contributed by atoms with Crippen LogP contribution in [0, 0.1) is 5.82 Å². The van der Waals surface area contributed by atoms with Crippen molar-refractivity contribution in [3.05, 3.63) is 65.5 Å². The fourth-order valence-corrected chi connectivity index (χ4v) is 2.20. The maximum Gasteiger partial charge on any atom is 0.182 e. The van der Waals surface area contributed by atoms with Gasteiger partial charge < -0.3 is 5.32 Å². The molecule has 0 spiro atoms. The predicted octanol–water partition coefficient (Wildman–Crippen LogP) is 3.36. The van der Waals surface area contributed by atoms with Gasteiger partial charge in [-0.05, 0) is 18.2 Å². The average molecular weight is 253 g/mol. The number of hydrogen-bond donors (Lipinski definition) is 1. The lowest BCUT2D eigenvalue weighted by Gasteiger charge is -2.19. The molecule has 0 bridgehead atoms. The molecule has 0 fully saturated rings. The summed E-state index contributed by atoms with van der Waals surface area (Å²) in [5.74, 6) is -0.347. The van der Waals surface area contributed by atoms with E-state index in [2.05, 4.69) is 5.32 Å². The number of ketones is 1. The second kappa shape index (κ2) is 4.69. The van der Waals surface area contributed by atoms with E-state index in [9.17, 15) is 9.18 Å². The highest BCUT2D eigenvalue weighted by Gasteiger charge is 2.20. The van der Waals surface area contributed by atoms with Crippen LogP contribution in [-0.2, 0) is 4.79 Å². The quantitative estimate of drug-likeness (QED) is 0.789. The van der Waals surface area contributed by atoms with Gasteiger partial charge in [0.2, 0.25) is 0 Å². The third kappa shape index (κ3) is 2.15. The van der Waals surface area contributed by atoms with Gasteiger partial charge in [0, 0.05) is 22.4 Å². The number of nitrogens with one attached hydrogen (secondary N) is 1. The second-order valence-electron chi connectivity index (χ2n) is 4.40. The van der Waals surface area contributed by atoms with Crippen molar-refractivity contribution in [1.82, 2.24) is 0 Å².